The van der Waals surface area contributed by atoms with E-state index in [2.05, 4.69) is 35.1 Å². The Morgan fingerprint density at radius 1 is 1.56 bits per heavy atom. The summed E-state index contributed by atoms with van der Waals surface area (Å²) >= 11 is 5.06. The standard InChI is InChI=1S/C13H15BrN2OS/c1-9(2)16-8-10(14)6-12(16)13(17)15-7-11-4-3-5-18-11/h3-6,8-9H,7H2,1-2H3,(H,15,17). The summed E-state index contributed by atoms with van der Waals surface area (Å²) in [5.41, 5.74) is 0.688. The first kappa shape index (κ1) is 13.4. The van der Waals surface area contributed by atoms with Crippen LogP contribution in [0.4, 0.5) is 0 Å². The van der Waals surface area contributed by atoms with E-state index in [9.17, 15) is 4.79 Å². The molecule has 18 heavy (non-hydrogen) atoms. The highest BCUT2D eigenvalue weighted by atomic mass is 79.9. The van der Waals surface area contributed by atoms with E-state index in [0.717, 1.165) is 9.35 Å². The molecule has 0 fully saturated rings. The molecule has 2 rings (SSSR count). The molecule has 1 N–H and O–H groups in total. The summed E-state index contributed by atoms with van der Waals surface area (Å²) in [7, 11) is 0. The van der Waals surface area contributed by atoms with Gasteiger partial charge in [-0.1, -0.05) is 6.07 Å². The van der Waals surface area contributed by atoms with E-state index in [1.54, 1.807) is 11.3 Å². The number of halogens is 1. The van der Waals surface area contributed by atoms with E-state index in [1.807, 2.05) is 34.3 Å². The van der Waals surface area contributed by atoms with Crippen LogP contribution in [0.1, 0.15) is 35.3 Å². The van der Waals surface area contributed by atoms with Crippen LogP contribution in [-0.4, -0.2) is 10.5 Å². The zero-order chi connectivity index (χ0) is 13.1. The van der Waals surface area contributed by atoms with Crippen molar-refractivity contribution in [2.24, 2.45) is 0 Å². The van der Waals surface area contributed by atoms with Crippen LogP contribution in [0.5, 0.6) is 0 Å². The molecular formula is C13H15BrN2OS. The average Bonchev–Trinajstić information content (AvgIpc) is 2.94. The predicted molar refractivity (Wildman–Crippen MR) is 78.0 cm³/mol. The van der Waals surface area contributed by atoms with Crippen molar-refractivity contribution < 1.29 is 4.79 Å². The molecule has 0 atom stereocenters. The van der Waals surface area contributed by atoms with Crippen LogP contribution in [-0.2, 0) is 6.54 Å². The van der Waals surface area contributed by atoms with E-state index in [0.29, 0.717) is 12.2 Å². The summed E-state index contributed by atoms with van der Waals surface area (Å²) in [5, 5.41) is 4.95. The molecule has 2 heterocycles. The molecule has 5 heteroatoms. The summed E-state index contributed by atoms with van der Waals surface area (Å²) in [6.07, 6.45) is 1.94. The first-order valence-corrected chi connectivity index (χ1v) is 7.43. The zero-order valence-corrected chi connectivity index (χ0v) is 12.7. The van der Waals surface area contributed by atoms with Gasteiger partial charge in [-0.15, -0.1) is 11.3 Å². The SMILES string of the molecule is CC(C)n1cc(Br)cc1C(=O)NCc1cccs1. The van der Waals surface area contributed by atoms with Crippen molar-refractivity contribution in [3.8, 4) is 0 Å². The number of hydrogen-bond acceptors (Lipinski definition) is 2. The van der Waals surface area contributed by atoms with E-state index in [1.165, 1.54) is 0 Å². The van der Waals surface area contributed by atoms with E-state index < -0.39 is 0 Å². The van der Waals surface area contributed by atoms with Crippen LogP contribution in [0, 0.1) is 0 Å². The number of hydrogen-bond donors (Lipinski definition) is 1. The number of nitrogens with one attached hydrogen (secondary N) is 1. The van der Waals surface area contributed by atoms with Crippen molar-refractivity contribution in [3.05, 3.63) is 44.8 Å². The van der Waals surface area contributed by atoms with Gasteiger partial charge in [-0.3, -0.25) is 4.79 Å². The summed E-state index contributed by atoms with van der Waals surface area (Å²) in [5.74, 6) is -0.0391. The quantitative estimate of drug-likeness (QED) is 0.910. The topological polar surface area (TPSA) is 34.0 Å². The summed E-state index contributed by atoms with van der Waals surface area (Å²) < 4.78 is 2.89. The Kier molecular flexibility index (Phi) is 4.24. The maximum Gasteiger partial charge on any atom is 0.268 e. The van der Waals surface area contributed by atoms with Crippen molar-refractivity contribution in [2.45, 2.75) is 26.4 Å². The van der Waals surface area contributed by atoms with Gasteiger partial charge in [-0.2, -0.15) is 0 Å². The molecule has 0 aromatic carbocycles. The fourth-order valence-corrected chi connectivity index (χ4v) is 2.81. The van der Waals surface area contributed by atoms with Gasteiger partial charge in [-0.25, -0.2) is 0 Å². The van der Waals surface area contributed by atoms with Crippen molar-refractivity contribution in [2.75, 3.05) is 0 Å². The molecule has 0 unspecified atom stereocenters. The maximum atomic E-state index is 12.1. The third-order valence-electron chi connectivity index (χ3n) is 2.61. The van der Waals surface area contributed by atoms with E-state index in [4.69, 9.17) is 0 Å². The molecule has 96 valence electrons. The van der Waals surface area contributed by atoms with Crippen LogP contribution >= 0.6 is 27.3 Å². The minimum absolute atomic E-state index is 0.0391. The first-order valence-electron chi connectivity index (χ1n) is 5.76. The Morgan fingerprint density at radius 2 is 2.33 bits per heavy atom. The summed E-state index contributed by atoms with van der Waals surface area (Å²) in [6, 6.07) is 6.12. The Hall–Kier alpha value is -1.07. The molecule has 0 aliphatic carbocycles. The lowest BCUT2D eigenvalue weighted by molar-refractivity contribution is 0.0940. The Balaban J connectivity index is 2.09. The largest absolute Gasteiger partial charge is 0.346 e. The van der Waals surface area contributed by atoms with E-state index in [-0.39, 0.29) is 11.9 Å². The number of nitrogens with zero attached hydrogens (tertiary/aromatic N) is 1. The number of carbonyl (C=O) groups excluding carboxylic acids is 1. The summed E-state index contributed by atoms with van der Waals surface area (Å²) in [6.45, 7) is 4.70. The second-order valence-electron chi connectivity index (χ2n) is 4.31. The second-order valence-corrected chi connectivity index (χ2v) is 6.25. The van der Waals surface area contributed by atoms with Gasteiger partial charge in [0.1, 0.15) is 5.69 Å². The lowest BCUT2D eigenvalue weighted by Gasteiger charge is -2.12. The lowest BCUT2D eigenvalue weighted by atomic mass is 10.3. The number of aromatic nitrogens is 1. The molecule has 2 aromatic heterocycles. The van der Waals surface area contributed by atoms with Crippen molar-refractivity contribution in [3.63, 3.8) is 0 Å². The van der Waals surface area contributed by atoms with E-state index >= 15 is 0 Å². The van der Waals surface area contributed by atoms with Gasteiger partial charge >= 0.3 is 0 Å². The lowest BCUT2D eigenvalue weighted by Crippen LogP contribution is -2.25. The van der Waals surface area contributed by atoms with Crippen LogP contribution in [0.2, 0.25) is 0 Å². The van der Waals surface area contributed by atoms with Crippen LogP contribution < -0.4 is 5.32 Å². The Labute approximate surface area is 119 Å². The highest BCUT2D eigenvalue weighted by Gasteiger charge is 2.14. The minimum Gasteiger partial charge on any atom is -0.346 e. The van der Waals surface area contributed by atoms with Crippen LogP contribution in [0.3, 0.4) is 0 Å². The predicted octanol–water partition coefficient (Wildman–Crippen LogP) is 3.82. The molecule has 0 spiro atoms. The van der Waals surface area contributed by atoms with Gasteiger partial charge in [0.25, 0.3) is 5.91 Å². The molecule has 2 aromatic rings. The molecular weight excluding hydrogens is 312 g/mol. The molecule has 1 amide bonds. The maximum absolute atomic E-state index is 12.1. The highest BCUT2D eigenvalue weighted by Crippen LogP contribution is 2.19. The van der Waals surface area contributed by atoms with Gasteiger partial charge in [-0.05, 0) is 47.3 Å². The number of carbonyl (C=O) groups is 1. The zero-order valence-electron chi connectivity index (χ0n) is 10.3. The second kappa shape index (κ2) is 5.71. The monoisotopic (exact) mass is 326 g/mol. The fourth-order valence-electron chi connectivity index (χ4n) is 1.73. The summed E-state index contributed by atoms with van der Waals surface area (Å²) in [4.78, 5) is 13.3. The molecule has 0 saturated heterocycles. The fraction of sp³-hybridized carbons (Fsp3) is 0.308. The van der Waals surface area contributed by atoms with Gasteiger partial charge in [0, 0.05) is 21.6 Å². The number of thiophene rings is 1. The molecule has 3 nitrogen and oxygen atoms in total. The van der Waals surface area contributed by atoms with Gasteiger partial charge < -0.3 is 9.88 Å². The normalized spacial score (nSPS) is 10.9. The Morgan fingerprint density at radius 3 is 2.94 bits per heavy atom. The third kappa shape index (κ3) is 3.03. The number of rotatable bonds is 4. The van der Waals surface area contributed by atoms with Crippen LogP contribution in [0.15, 0.2) is 34.2 Å². The van der Waals surface area contributed by atoms with Gasteiger partial charge in [0.2, 0.25) is 0 Å². The van der Waals surface area contributed by atoms with Crippen molar-refractivity contribution in [1.29, 1.82) is 0 Å². The third-order valence-corrected chi connectivity index (χ3v) is 3.92. The van der Waals surface area contributed by atoms with Crippen molar-refractivity contribution >= 4 is 33.2 Å². The molecule has 0 bridgehead atoms. The van der Waals surface area contributed by atoms with Gasteiger partial charge in [0.05, 0.1) is 6.54 Å². The smallest absolute Gasteiger partial charge is 0.268 e. The molecule has 0 aliphatic rings. The average molecular weight is 327 g/mol. The Bertz CT molecular complexity index is 531. The first-order chi connectivity index (χ1) is 8.58. The molecule has 0 aliphatic heterocycles. The van der Waals surface area contributed by atoms with Crippen LogP contribution in [0.25, 0.3) is 0 Å². The highest BCUT2D eigenvalue weighted by molar-refractivity contribution is 9.10. The molecule has 0 radical (unpaired) electrons. The molecule has 0 saturated carbocycles. The van der Waals surface area contributed by atoms with Gasteiger partial charge in [0.15, 0.2) is 0 Å². The minimum atomic E-state index is -0.0391. The number of amides is 1. The van der Waals surface area contributed by atoms with Crippen molar-refractivity contribution in [1.82, 2.24) is 9.88 Å².